The van der Waals surface area contributed by atoms with E-state index in [9.17, 15) is 15.0 Å². The molecular weight excluding hydrogens is 436 g/mol. The summed E-state index contributed by atoms with van der Waals surface area (Å²) >= 11 is 6.24. The van der Waals surface area contributed by atoms with Gasteiger partial charge in [0.05, 0.1) is 11.2 Å². The second kappa shape index (κ2) is 11.5. The number of aryl methyl sites for hydroxylation is 2. The normalized spacial score (nSPS) is 12.9. The van der Waals surface area contributed by atoms with Crippen LogP contribution in [-0.4, -0.2) is 45.7 Å². The Balaban J connectivity index is 0.000000383. The van der Waals surface area contributed by atoms with Crippen LogP contribution < -0.4 is 0 Å². The van der Waals surface area contributed by atoms with Gasteiger partial charge in [-0.25, -0.2) is 9.78 Å². The Morgan fingerprint density at radius 2 is 1.70 bits per heavy atom. The van der Waals surface area contributed by atoms with E-state index < -0.39 is 5.97 Å². The molecule has 1 heterocycles. The molecule has 1 aliphatic carbocycles. The lowest BCUT2D eigenvalue weighted by Gasteiger charge is -2.19. The number of carbonyl (C=O) groups is 1. The van der Waals surface area contributed by atoms with Gasteiger partial charge in [0, 0.05) is 16.8 Å². The standard InChI is InChI=1S/C21H18ClNO3.C6H15N/c22-16-8-4-2-6-13(16)11-17-20(24)18(21(25)26)15-10-9-12-5-1-3-7-14(12)19(15)23-17;1-4-7(5-2)6-3/h2,4,6,8-10,24H,1,3,5,7,11H2,(H,25,26);4-6H2,1-3H3. The maximum atomic E-state index is 11.9. The predicted octanol–water partition coefficient (Wildman–Crippen LogP) is 6.11. The molecule has 3 aromatic rings. The van der Waals surface area contributed by atoms with Gasteiger partial charge in [0.1, 0.15) is 5.56 Å². The number of benzene rings is 2. The van der Waals surface area contributed by atoms with E-state index in [0.29, 0.717) is 21.6 Å². The number of aromatic nitrogens is 1. The zero-order valence-corrected chi connectivity index (χ0v) is 20.5. The van der Waals surface area contributed by atoms with Gasteiger partial charge in [-0.2, -0.15) is 0 Å². The lowest BCUT2D eigenvalue weighted by atomic mass is 9.88. The number of rotatable bonds is 6. The van der Waals surface area contributed by atoms with Crippen molar-refractivity contribution in [1.82, 2.24) is 9.88 Å². The second-order valence-electron chi connectivity index (χ2n) is 8.28. The topological polar surface area (TPSA) is 73.7 Å². The highest BCUT2D eigenvalue weighted by Crippen LogP contribution is 2.36. The van der Waals surface area contributed by atoms with Crippen molar-refractivity contribution in [3.63, 3.8) is 0 Å². The first-order valence-electron chi connectivity index (χ1n) is 11.8. The van der Waals surface area contributed by atoms with Crippen LogP contribution in [0.2, 0.25) is 5.02 Å². The Hall–Kier alpha value is -2.63. The third kappa shape index (κ3) is 5.66. The predicted molar refractivity (Wildman–Crippen MR) is 135 cm³/mol. The van der Waals surface area contributed by atoms with Crippen molar-refractivity contribution in [2.45, 2.75) is 52.9 Å². The lowest BCUT2D eigenvalue weighted by molar-refractivity contribution is 0.0695. The molecule has 4 rings (SSSR count). The molecule has 0 saturated carbocycles. The summed E-state index contributed by atoms with van der Waals surface area (Å²) in [5.41, 5.74) is 4.10. The largest absolute Gasteiger partial charge is 0.505 e. The molecule has 0 fully saturated rings. The molecule has 1 aliphatic rings. The number of aromatic carboxylic acids is 1. The molecule has 0 unspecified atom stereocenters. The van der Waals surface area contributed by atoms with Gasteiger partial charge in [-0.3, -0.25) is 0 Å². The molecule has 1 aromatic heterocycles. The van der Waals surface area contributed by atoms with Gasteiger partial charge in [-0.05, 0) is 68.1 Å². The third-order valence-corrected chi connectivity index (χ3v) is 6.77. The average Bonchev–Trinajstić information content (AvgIpc) is 2.82. The molecule has 2 aromatic carbocycles. The highest BCUT2D eigenvalue weighted by Gasteiger charge is 2.23. The van der Waals surface area contributed by atoms with Crippen LogP contribution in [0.1, 0.15) is 66.4 Å². The Kier molecular flexibility index (Phi) is 8.70. The van der Waals surface area contributed by atoms with Crippen molar-refractivity contribution < 1.29 is 15.0 Å². The molecule has 176 valence electrons. The van der Waals surface area contributed by atoms with Crippen LogP contribution in [0.25, 0.3) is 10.9 Å². The van der Waals surface area contributed by atoms with Gasteiger partial charge in [0.15, 0.2) is 5.75 Å². The van der Waals surface area contributed by atoms with Gasteiger partial charge >= 0.3 is 5.97 Å². The molecular formula is C27H33ClN2O3. The molecule has 0 radical (unpaired) electrons. The zero-order chi connectivity index (χ0) is 24.0. The number of halogens is 1. The van der Waals surface area contributed by atoms with E-state index in [2.05, 4.69) is 25.7 Å². The van der Waals surface area contributed by atoms with Gasteiger partial charge in [-0.15, -0.1) is 0 Å². The molecule has 2 N–H and O–H groups in total. The van der Waals surface area contributed by atoms with E-state index in [0.717, 1.165) is 36.8 Å². The fraction of sp³-hybridized carbons (Fsp3) is 0.407. The molecule has 0 bridgehead atoms. The summed E-state index contributed by atoms with van der Waals surface area (Å²) in [6.45, 7) is 10.1. The second-order valence-corrected chi connectivity index (χ2v) is 8.69. The molecule has 0 saturated heterocycles. The Morgan fingerprint density at radius 1 is 1.03 bits per heavy atom. The van der Waals surface area contributed by atoms with Crippen molar-refractivity contribution in [3.05, 3.63) is 69.4 Å². The van der Waals surface area contributed by atoms with E-state index in [-0.39, 0.29) is 17.7 Å². The van der Waals surface area contributed by atoms with Crippen molar-refractivity contribution in [1.29, 1.82) is 0 Å². The fourth-order valence-corrected chi connectivity index (χ4v) is 4.63. The highest BCUT2D eigenvalue weighted by atomic mass is 35.5. The number of nitrogens with zero attached hydrogens (tertiary/aromatic N) is 2. The quantitative estimate of drug-likeness (QED) is 0.456. The summed E-state index contributed by atoms with van der Waals surface area (Å²) in [5.74, 6) is -1.42. The van der Waals surface area contributed by atoms with E-state index in [1.165, 1.54) is 25.2 Å². The first kappa shape index (κ1) is 25.0. The average molecular weight is 469 g/mol. The molecule has 0 spiro atoms. The molecule has 0 aliphatic heterocycles. The smallest absolute Gasteiger partial charge is 0.340 e. The fourth-order valence-electron chi connectivity index (χ4n) is 4.43. The Labute approximate surface area is 201 Å². The number of hydrogen-bond acceptors (Lipinski definition) is 4. The van der Waals surface area contributed by atoms with Crippen LogP contribution in [0.4, 0.5) is 0 Å². The first-order chi connectivity index (χ1) is 15.9. The van der Waals surface area contributed by atoms with Crippen LogP contribution in [0, 0.1) is 0 Å². The van der Waals surface area contributed by atoms with Crippen molar-refractivity contribution >= 4 is 28.5 Å². The monoisotopic (exact) mass is 468 g/mol. The van der Waals surface area contributed by atoms with Crippen LogP contribution in [0.15, 0.2) is 36.4 Å². The molecule has 5 nitrogen and oxygen atoms in total. The van der Waals surface area contributed by atoms with Crippen LogP contribution in [-0.2, 0) is 19.3 Å². The van der Waals surface area contributed by atoms with Crippen molar-refractivity contribution in [3.8, 4) is 5.75 Å². The van der Waals surface area contributed by atoms with Crippen LogP contribution >= 0.6 is 11.6 Å². The number of hydrogen-bond donors (Lipinski definition) is 2. The van der Waals surface area contributed by atoms with Gasteiger partial charge < -0.3 is 15.1 Å². The molecule has 6 heteroatoms. The van der Waals surface area contributed by atoms with Gasteiger partial charge in [0.25, 0.3) is 0 Å². The third-order valence-electron chi connectivity index (χ3n) is 6.40. The summed E-state index contributed by atoms with van der Waals surface area (Å²) in [4.78, 5) is 18.9. The number of carboxylic acid groups (broad SMARTS) is 1. The molecule has 0 atom stereocenters. The van der Waals surface area contributed by atoms with Crippen LogP contribution in [0.5, 0.6) is 5.75 Å². The summed E-state index contributed by atoms with van der Waals surface area (Å²) in [5, 5.41) is 21.4. The number of aromatic hydroxyl groups is 1. The number of pyridine rings is 1. The summed E-state index contributed by atoms with van der Waals surface area (Å²) < 4.78 is 0. The number of fused-ring (bicyclic) bond motifs is 3. The summed E-state index contributed by atoms with van der Waals surface area (Å²) in [6, 6.07) is 11.1. The lowest BCUT2D eigenvalue weighted by Crippen LogP contribution is -2.21. The Morgan fingerprint density at radius 3 is 2.30 bits per heavy atom. The SMILES string of the molecule is CCN(CC)CC.O=C(O)c1c(O)c(Cc2ccccc2Cl)nc2c3c(ccc12)CCCC3. The van der Waals surface area contributed by atoms with Gasteiger partial charge in [0.2, 0.25) is 0 Å². The van der Waals surface area contributed by atoms with Crippen molar-refractivity contribution in [2.75, 3.05) is 19.6 Å². The van der Waals surface area contributed by atoms with Crippen LogP contribution in [0.3, 0.4) is 0 Å². The maximum Gasteiger partial charge on any atom is 0.340 e. The van der Waals surface area contributed by atoms with Crippen molar-refractivity contribution in [2.24, 2.45) is 0 Å². The van der Waals surface area contributed by atoms with E-state index >= 15 is 0 Å². The first-order valence-corrected chi connectivity index (χ1v) is 12.1. The Bertz CT molecular complexity index is 1120. The summed E-state index contributed by atoms with van der Waals surface area (Å²) in [6.07, 6.45) is 4.35. The van der Waals surface area contributed by atoms with E-state index in [4.69, 9.17) is 16.6 Å². The minimum Gasteiger partial charge on any atom is -0.505 e. The van der Waals surface area contributed by atoms with E-state index in [1.54, 1.807) is 12.1 Å². The minimum absolute atomic E-state index is 0.0783. The summed E-state index contributed by atoms with van der Waals surface area (Å²) in [7, 11) is 0. The molecule has 0 amide bonds. The van der Waals surface area contributed by atoms with E-state index in [1.807, 2.05) is 24.3 Å². The maximum absolute atomic E-state index is 11.9. The number of carboxylic acids is 1. The van der Waals surface area contributed by atoms with Gasteiger partial charge in [-0.1, -0.05) is 62.7 Å². The zero-order valence-electron chi connectivity index (χ0n) is 19.7. The minimum atomic E-state index is -1.15. The molecule has 33 heavy (non-hydrogen) atoms. The highest BCUT2D eigenvalue weighted by molar-refractivity contribution is 6.31.